The number of halogens is 1. The van der Waals surface area contributed by atoms with Gasteiger partial charge in [-0.15, -0.1) is 0 Å². The molecule has 1 aliphatic heterocycles. The highest BCUT2D eigenvalue weighted by molar-refractivity contribution is 7.99. The lowest BCUT2D eigenvalue weighted by atomic mass is 9.68. The topological polar surface area (TPSA) is 123 Å². The zero-order chi connectivity index (χ0) is 28.1. The molecule has 2 atom stereocenters. The van der Waals surface area contributed by atoms with E-state index in [2.05, 4.69) is 16.1 Å². The quantitative estimate of drug-likeness (QED) is 0.450. The lowest BCUT2D eigenvalue weighted by Gasteiger charge is -2.45. The molecule has 3 aromatic rings. The Morgan fingerprint density at radius 3 is 2.64 bits per heavy atom. The number of nitrogens with zero attached hydrogens (tertiary/aromatic N) is 6. The number of aromatic nitrogens is 4. The molecule has 2 aliphatic rings. The van der Waals surface area contributed by atoms with E-state index >= 15 is 0 Å². The van der Waals surface area contributed by atoms with Gasteiger partial charge in [0.25, 0.3) is 5.56 Å². The van der Waals surface area contributed by atoms with Gasteiger partial charge in [-0.25, -0.2) is 9.19 Å². The highest BCUT2D eigenvalue weighted by atomic mass is 35.5. The summed E-state index contributed by atoms with van der Waals surface area (Å²) in [5, 5.41) is 20.7. The molecule has 208 valence electrons. The Hall–Kier alpha value is -2.39. The van der Waals surface area contributed by atoms with Crippen molar-refractivity contribution in [1.29, 1.82) is 5.26 Å². The number of nitrogens with two attached hydrogens (primary N) is 1. The maximum atomic E-state index is 13.4. The van der Waals surface area contributed by atoms with Crippen molar-refractivity contribution < 1.29 is 4.21 Å². The summed E-state index contributed by atoms with van der Waals surface area (Å²) in [5.41, 5.74) is 1.12. The van der Waals surface area contributed by atoms with E-state index in [0.29, 0.717) is 43.3 Å². The van der Waals surface area contributed by atoms with Crippen molar-refractivity contribution in [1.82, 2.24) is 19.3 Å². The zero-order valence-electron chi connectivity index (χ0n) is 22.7. The number of nitriles is 1. The zero-order valence-corrected chi connectivity index (χ0v) is 25.1. The summed E-state index contributed by atoms with van der Waals surface area (Å²) in [6, 6.07) is 5.78. The number of aryl methyl sites for hydroxylation is 1. The van der Waals surface area contributed by atoms with Gasteiger partial charge in [0, 0.05) is 32.1 Å². The van der Waals surface area contributed by atoms with E-state index in [1.807, 2.05) is 26.0 Å². The van der Waals surface area contributed by atoms with Crippen molar-refractivity contribution in [3.05, 3.63) is 39.4 Å². The first kappa shape index (κ1) is 28.1. The number of hydrogen-bond acceptors (Lipinski definition) is 7. The lowest BCUT2D eigenvalue weighted by molar-refractivity contribution is 0.133. The fourth-order valence-corrected chi connectivity index (χ4v) is 8.07. The highest BCUT2D eigenvalue weighted by Crippen LogP contribution is 2.53. The molecule has 1 spiro atoms. The molecule has 1 unspecified atom stereocenters. The number of piperidine rings is 1. The van der Waals surface area contributed by atoms with Crippen LogP contribution in [0.15, 0.2) is 32.9 Å². The smallest absolute Gasteiger partial charge is 0.268 e. The molecule has 9 nitrogen and oxygen atoms in total. The van der Waals surface area contributed by atoms with Gasteiger partial charge in [-0.3, -0.25) is 19.2 Å². The van der Waals surface area contributed by atoms with Crippen LogP contribution in [0.2, 0.25) is 5.02 Å². The SMILES string of the molecule is Cn1nc2ccc(Sc3cnc(N4CCC5(CCC[C@@H]5CC(C)(C)S(N)=O)CC4)n(C)c3=O)c(Cl)c2c1C#N. The Morgan fingerprint density at radius 1 is 1.26 bits per heavy atom. The molecule has 2 fully saturated rings. The minimum absolute atomic E-state index is 0.140. The second-order valence-electron chi connectivity index (χ2n) is 11.4. The molecule has 0 bridgehead atoms. The number of rotatable bonds is 6. The summed E-state index contributed by atoms with van der Waals surface area (Å²) in [4.78, 5) is 21.4. The van der Waals surface area contributed by atoms with Crippen molar-refractivity contribution >= 4 is 51.2 Å². The molecule has 1 saturated heterocycles. The average Bonchev–Trinajstić information content (AvgIpc) is 3.43. The van der Waals surface area contributed by atoms with Crippen molar-refractivity contribution in [2.75, 3.05) is 18.0 Å². The van der Waals surface area contributed by atoms with Crippen LogP contribution in [0.3, 0.4) is 0 Å². The van der Waals surface area contributed by atoms with E-state index in [1.165, 1.54) is 29.3 Å². The van der Waals surface area contributed by atoms with Crippen molar-refractivity contribution in [2.45, 2.75) is 66.9 Å². The van der Waals surface area contributed by atoms with E-state index in [1.54, 1.807) is 24.9 Å². The molecule has 39 heavy (non-hydrogen) atoms. The standard InChI is InChI=1S/C27H34ClN7O2S2/c1-26(2,39(30)37)14-17-6-5-9-27(17)10-12-35(13-11-27)25-31-16-21(24(36)33(25)3)38-20-8-7-18-22(23(20)28)19(15-29)34(4)32-18/h7-8,16-17H,5-6,9-14,30H2,1-4H3/t17-,39?/m1/s1. The molecule has 1 saturated carbocycles. The third kappa shape index (κ3) is 5.01. The van der Waals surface area contributed by atoms with Crippen LogP contribution >= 0.6 is 23.4 Å². The number of fused-ring (bicyclic) bond motifs is 1. The van der Waals surface area contributed by atoms with Crippen LogP contribution in [0.4, 0.5) is 5.95 Å². The molecule has 12 heteroatoms. The summed E-state index contributed by atoms with van der Waals surface area (Å²) in [6.07, 6.45) is 8.10. The van der Waals surface area contributed by atoms with Gasteiger partial charge in [0.05, 0.1) is 42.8 Å². The van der Waals surface area contributed by atoms with Gasteiger partial charge < -0.3 is 4.90 Å². The maximum Gasteiger partial charge on any atom is 0.268 e. The Morgan fingerprint density at radius 2 is 1.97 bits per heavy atom. The summed E-state index contributed by atoms with van der Waals surface area (Å²) >= 11 is 7.92. The molecular weight excluding hydrogens is 554 g/mol. The second kappa shape index (κ2) is 10.5. The molecule has 0 amide bonds. The van der Waals surface area contributed by atoms with Crippen LogP contribution < -0.4 is 15.6 Å². The summed E-state index contributed by atoms with van der Waals surface area (Å²) in [5.74, 6) is 1.18. The molecule has 1 aliphatic carbocycles. The van der Waals surface area contributed by atoms with Crippen LogP contribution in [-0.4, -0.2) is 41.4 Å². The normalized spacial score (nSPS) is 20.0. The van der Waals surface area contributed by atoms with E-state index in [-0.39, 0.29) is 11.0 Å². The first-order valence-corrected chi connectivity index (χ1v) is 15.6. The van der Waals surface area contributed by atoms with E-state index in [0.717, 1.165) is 38.8 Å². The molecule has 2 N–H and O–H groups in total. The summed E-state index contributed by atoms with van der Waals surface area (Å²) < 4.78 is 14.8. The van der Waals surface area contributed by atoms with Gasteiger partial charge in [-0.2, -0.15) is 10.4 Å². The third-order valence-electron chi connectivity index (χ3n) is 8.76. The fourth-order valence-electron chi connectivity index (χ4n) is 6.45. The molecule has 0 radical (unpaired) electrons. The predicted molar refractivity (Wildman–Crippen MR) is 156 cm³/mol. The third-order valence-corrected chi connectivity index (χ3v) is 11.6. The van der Waals surface area contributed by atoms with Crippen LogP contribution in [0.5, 0.6) is 0 Å². The Bertz CT molecular complexity index is 1550. The van der Waals surface area contributed by atoms with Crippen LogP contribution in [0.1, 0.15) is 58.1 Å². The second-order valence-corrected chi connectivity index (χ2v) is 14.6. The van der Waals surface area contributed by atoms with Crippen molar-refractivity contribution in [3.63, 3.8) is 0 Å². The number of anilines is 1. The van der Waals surface area contributed by atoms with Crippen LogP contribution in [-0.2, 0) is 25.1 Å². The van der Waals surface area contributed by atoms with Gasteiger partial charge in [-0.05, 0) is 69.4 Å². The van der Waals surface area contributed by atoms with Crippen molar-refractivity contribution in [2.24, 2.45) is 30.6 Å². The first-order chi connectivity index (χ1) is 18.5. The Labute approximate surface area is 240 Å². The summed E-state index contributed by atoms with van der Waals surface area (Å²) in [6.45, 7) is 5.67. The average molecular weight is 588 g/mol. The molecule has 5 rings (SSSR count). The van der Waals surface area contributed by atoms with E-state index < -0.39 is 15.7 Å². The number of hydrogen-bond donors (Lipinski definition) is 1. The monoisotopic (exact) mass is 587 g/mol. The predicted octanol–water partition coefficient (Wildman–Crippen LogP) is 4.52. The first-order valence-electron chi connectivity index (χ1n) is 13.2. The lowest BCUT2D eigenvalue weighted by Crippen LogP contribution is -2.46. The minimum atomic E-state index is -1.35. The fraction of sp³-hybridized carbons (Fsp3) is 0.556. The number of benzene rings is 1. The molecular formula is C27H34ClN7O2S2. The Kier molecular flexibility index (Phi) is 7.61. The van der Waals surface area contributed by atoms with Crippen molar-refractivity contribution in [3.8, 4) is 6.07 Å². The van der Waals surface area contributed by atoms with Gasteiger partial charge in [0.1, 0.15) is 11.8 Å². The largest absolute Gasteiger partial charge is 0.342 e. The van der Waals surface area contributed by atoms with E-state index in [4.69, 9.17) is 21.7 Å². The van der Waals surface area contributed by atoms with Gasteiger partial charge in [0.15, 0.2) is 0 Å². The van der Waals surface area contributed by atoms with Crippen LogP contribution in [0, 0.1) is 22.7 Å². The summed E-state index contributed by atoms with van der Waals surface area (Å²) in [7, 11) is 2.12. The van der Waals surface area contributed by atoms with Gasteiger partial charge in [-0.1, -0.05) is 29.8 Å². The Balaban J connectivity index is 1.34. The van der Waals surface area contributed by atoms with Crippen LogP contribution in [0.25, 0.3) is 10.9 Å². The maximum absolute atomic E-state index is 13.4. The molecule has 1 aromatic carbocycles. The molecule has 3 heterocycles. The van der Waals surface area contributed by atoms with E-state index in [9.17, 15) is 14.3 Å². The highest BCUT2D eigenvalue weighted by Gasteiger charge is 2.47. The van der Waals surface area contributed by atoms with Gasteiger partial charge in [0.2, 0.25) is 5.95 Å². The minimum Gasteiger partial charge on any atom is -0.342 e. The van der Waals surface area contributed by atoms with Gasteiger partial charge >= 0.3 is 0 Å². The molecule has 2 aromatic heterocycles.